The molecule has 0 aliphatic carbocycles. The maximum Gasteiger partial charge on any atom is 0.295 e. The fourth-order valence-corrected chi connectivity index (χ4v) is 1.53. The molecule has 1 amide bonds. The molecule has 1 aliphatic rings. The molecule has 1 aromatic heterocycles. The third-order valence-corrected chi connectivity index (χ3v) is 2.22. The van der Waals surface area contributed by atoms with Gasteiger partial charge in [-0.1, -0.05) is 0 Å². The van der Waals surface area contributed by atoms with E-state index in [2.05, 4.69) is 20.6 Å². The third-order valence-electron chi connectivity index (χ3n) is 2.22. The molecule has 76 valence electrons. The van der Waals surface area contributed by atoms with Gasteiger partial charge < -0.3 is 10.0 Å². The molecule has 0 radical (unpaired) electrons. The summed E-state index contributed by atoms with van der Waals surface area (Å²) < 4.78 is 0. The molecular weight excluding hydrogens is 186 g/mol. The Kier molecular flexibility index (Phi) is 2.40. The molecule has 0 unspecified atom stereocenters. The monoisotopic (exact) mass is 197 g/mol. The van der Waals surface area contributed by atoms with Crippen LogP contribution in [0.5, 0.6) is 0 Å². The van der Waals surface area contributed by atoms with Gasteiger partial charge in [0.1, 0.15) is 0 Å². The van der Waals surface area contributed by atoms with Gasteiger partial charge in [-0.05, 0) is 18.1 Å². The Morgan fingerprint density at radius 1 is 1.64 bits per heavy atom. The highest BCUT2D eigenvalue weighted by atomic mass is 16.3. The summed E-state index contributed by atoms with van der Waals surface area (Å²) in [6, 6.07) is 0. The van der Waals surface area contributed by atoms with Gasteiger partial charge in [0.2, 0.25) is 0 Å². The number of hydrogen-bond acceptors (Lipinski definition) is 5. The van der Waals surface area contributed by atoms with Crippen LogP contribution in [0.25, 0.3) is 0 Å². The fraction of sp³-hybridized carbons (Fsp3) is 0.714. The predicted octanol–water partition coefficient (Wildman–Crippen LogP) is -1.20. The van der Waals surface area contributed by atoms with E-state index in [0.717, 1.165) is 12.8 Å². The highest BCUT2D eigenvalue weighted by molar-refractivity contribution is 5.90. The molecule has 2 N–H and O–H groups in total. The Hall–Kier alpha value is -1.50. The molecule has 7 nitrogen and oxygen atoms in total. The van der Waals surface area contributed by atoms with Crippen LogP contribution in [-0.4, -0.2) is 55.7 Å². The largest absolute Gasteiger partial charge is 0.391 e. The van der Waals surface area contributed by atoms with E-state index in [1.807, 2.05) is 0 Å². The first-order valence-corrected chi connectivity index (χ1v) is 4.48. The van der Waals surface area contributed by atoms with Crippen LogP contribution in [0, 0.1) is 0 Å². The molecule has 1 saturated heterocycles. The van der Waals surface area contributed by atoms with Crippen LogP contribution in [0.1, 0.15) is 23.5 Å². The molecule has 0 bridgehead atoms. The van der Waals surface area contributed by atoms with Crippen molar-refractivity contribution in [1.82, 2.24) is 25.5 Å². The lowest BCUT2D eigenvalue weighted by atomic mass is 10.1. The summed E-state index contributed by atoms with van der Waals surface area (Å²) in [4.78, 5) is 13.2. The number of likely N-dealkylation sites (tertiary alicyclic amines) is 1. The maximum absolute atomic E-state index is 11.6. The lowest BCUT2D eigenvalue weighted by Crippen LogP contribution is -2.42. The molecule has 2 heterocycles. The van der Waals surface area contributed by atoms with Gasteiger partial charge in [0, 0.05) is 13.1 Å². The zero-order valence-electron chi connectivity index (χ0n) is 7.55. The molecule has 0 spiro atoms. The molecule has 0 saturated carbocycles. The van der Waals surface area contributed by atoms with E-state index in [-0.39, 0.29) is 11.7 Å². The molecule has 1 atom stereocenters. The summed E-state index contributed by atoms with van der Waals surface area (Å²) in [6.07, 6.45) is 1.13. The fourth-order valence-electron chi connectivity index (χ4n) is 1.53. The van der Waals surface area contributed by atoms with E-state index in [9.17, 15) is 9.90 Å². The number of aliphatic hydroxyl groups excluding tert-OH is 1. The van der Waals surface area contributed by atoms with Crippen molar-refractivity contribution in [2.75, 3.05) is 13.1 Å². The number of piperidine rings is 1. The van der Waals surface area contributed by atoms with Crippen molar-refractivity contribution >= 4 is 5.91 Å². The quantitative estimate of drug-likeness (QED) is 0.589. The molecule has 1 fully saturated rings. The molecule has 2 rings (SSSR count). The van der Waals surface area contributed by atoms with Gasteiger partial charge in [0.15, 0.2) is 0 Å². The van der Waals surface area contributed by atoms with E-state index in [0.29, 0.717) is 13.1 Å². The van der Waals surface area contributed by atoms with Crippen LogP contribution in [0.15, 0.2) is 0 Å². The average molecular weight is 197 g/mol. The summed E-state index contributed by atoms with van der Waals surface area (Å²) in [5.74, 6) is -0.225. The number of β-amino-alcohol motifs (C(OH)–C–C–N with tert-alkyl or cyclic N) is 1. The number of amides is 1. The number of H-pyrrole nitrogens is 1. The summed E-state index contributed by atoms with van der Waals surface area (Å²) >= 11 is 0. The average Bonchev–Trinajstić information content (AvgIpc) is 2.69. The van der Waals surface area contributed by atoms with Gasteiger partial charge in [0.25, 0.3) is 11.7 Å². The standard InChI is InChI=1S/C7H11N5O2/c13-5-2-1-3-12(4-5)7(14)6-8-10-11-9-6/h5,13H,1-4H2,(H,8,9,10,11)/t5-/m0/s1. The van der Waals surface area contributed by atoms with Crippen molar-refractivity contribution in [3.63, 3.8) is 0 Å². The highest BCUT2D eigenvalue weighted by Gasteiger charge is 2.25. The molecule has 0 aromatic carbocycles. The zero-order chi connectivity index (χ0) is 9.97. The number of aromatic nitrogens is 4. The Morgan fingerprint density at radius 2 is 2.50 bits per heavy atom. The van der Waals surface area contributed by atoms with Crippen molar-refractivity contribution < 1.29 is 9.90 Å². The lowest BCUT2D eigenvalue weighted by Gasteiger charge is -2.28. The van der Waals surface area contributed by atoms with Crippen molar-refractivity contribution in [2.24, 2.45) is 0 Å². The number of carbonyl (C=O) groups excluding carboxylic acids is 1. The minimum atomic E-state index is -0.431. The van der Waals surface area contributed by atoms with E-state index in [1.54, 1.807) is 4.90 Å². The third kappa shape index (κ3) is 1.72. The first-order chi connectivity index (χ1) is 6.77. The highest BCUT2D eigenvalue weighted by Crippen LogP contribution is 2.11. The second kappa shape index (κ2) is 3.70. The Bertz CT molecular complexity index is 312. The van der Waals surface area contributed by atoms with Crippen LogP contribution < -0.4 is 0 Å². The van der Waals surface area contributed by atoms with Crippen LogP contribution in [-0.2, 0) is 0 Å². The van der Waals surface area contributed by atoms with Crippen molar-refractivity contribution in [2.45, 2.75) is 18.9 Å². The van der Waals surface area contributed by atoms with E-state index >= 15 is 0 Å². The SMILES string of the molecule is O=C(c1nn[nH]n1)N1CCC[C@H](O)C1. The van der Waals surface area contributed by atoms with Crippen LogP contribution in [0.4, 0.5) is 0 Å². The Labute approximate surface area is 80.1 Å². The van der Waals surface area contributed by atoms with Gasteiger partial charge in [-0.3, -0.25) is 4.79 Å². The summed E-state index contributed by atoms with van der Waals surface area (Å²) in [5, 5.41) is 22.1. The number of aliphatic hydroxyl groups is 1. The smallest absolute Gasteiger partial charge is 0.295 e. The molecule has 1 aromatic rings. The number of carbonyl (C=O) groups is 1. The lowest BCUT2D eigenvalue weighted by molar-refractivity contribution is 0.0464. The minimum absolute atomic E-state index is 0.0547. The summed E-state index contributed by atoms with van der Waals surface area (Å²) in [7, 11) is 0. The normalized spacial score (nSPS) is 22.4. The minimum Gasteiger partial charge on any atom is -0.391 e. The van der Waals surface area contributed by atoms with E-state index in [1.165, 1.54) is 0 Å². The Balaban J connectivity index is 2.04. The molecule has 1 aliphatic heterocycles. The number of nitrogens with zero attached hydrogens (tertiary/aromatic N) is 4. The van der Waals surface area contributed by atoms with Gasteiger partial charge in [-0.2, -0.15) is 5.21 Å². The van der Waals surface area contributed by atoms with Gasteiger partial charge >= 0.3 is 0 Å². The first-order valence-electron chi connectivity index (χ1n) is 4.48. The Morgan fingerprint density at radius 3 is 3.14 bits per heavy atom. The predicted molar refractivity (Wildman–Crippen MR) is 45.3 cm³/mol. The molecule has 14 heavy (non-hydrogen) atoms. The number of tetrazole rings is 1. The number of rotatable bonds is 1. The topological polar surface area (TPSA) is 95.0 Å². The summed E-state index contributed by atoms with van der Waals surface area (Å²) in [6.45, 7) is 0.998. The van der Waals surface area contributed by atoms with Gasteiger partial charge in [0.05, 0.1) is 6.10 Å². The van der Waals surface area contributed by atoms with E-state index < -0.39 is 6.10 Å². The second-order valence-corrected chi connectivity index (χ2v) is 3.28. The van der Waals surface area contributed by atoms with Crippen molar-refractivity contribution in [3.05, 3.63) is 5.82 Å². The second-order valence-electron chi connectivity index (χ2n) is 3.28. The number of aromatic amines is 1. The molecular formula is C7H11N5O2. The first kappa shape index (κ1) is 9.07. The number of hydrogen-bond donors (Lipinski definition) is 2. The molecule has 7 heteroatoms. The van der Waals surface area contributed by atoms with Gasteiger partial charge in [-0.25, -0.2) is 0 Å². The van der Waals surface area contributed by atoms with E-state index in [4.69, 9.17) is 0 Å². The summed E-state index contributed by atoms with van der Waals surface area (Å²) in [5.41, 5.74) is 0. The zero-order valence-corrected chi connectivity index (χ0v) is 7.55. The van der Waals surface area contributed by atoms with Crippen molar-refractivity contribution in [1.29, 1.82) is 0 Å². The number of nitrogens with one attached hydrogen (secondary N) is 1. The maximum atomic E-state index is 11.6. The van der Waals surface area contributed by atoms with Gasteiger partial charge in [-0.15, -0.1) is 10.2 Å². The van der Waals surface area contributed by atoms with Crippen LogP contribution >= 0.6 is 0 Å². The van der Waals surface area contributed by atoms with Crippen molar-refractivity contribution in [3.8, 4) is 0 Å². The van der Waals surface area contributed by atoms with Crippen LogP contribution in [0.3, 0.4) is 0 Å². The van der Waals surface area contributed by atoms with Crippen LogP contribution in [0.2, 0.25) is 0 Å².